The van der Waals surface area contributed by atoms with Gasteiger partial charge in [0.05, 0.1) is 5.69 Å². The SMILES string of the molecule is CCN(c1ccncc1)S(=O)(=O)c1ccc(C(F)(F)F)nc1. The van der Waals surface area contributed by atoms with E-state index in [1.54, 1.807) is 6.92 Å². The first-order valence-electron chi connectivity index (χ1n) is 6.23. The number of hydrogen-bond donors (Lipinski definition) is 0. The maximum atomic E-state index is 12.5. The number of nitrogens with zero attached hydrogens (tertiary/aromatic N) is 3. The Morgan fingerprint density at radius 3 is 2.23 bits per heavy atom. The summed E-state index contributed by atoms with van der Waals surface area (Å²) in [5, 5.41) is 0. The summed E-state index contributed by atoms with van der Waals surface area (Å²) in [6.45, 7) is 1.74. The van der Waals surface area contributed by atoms with Crippen LogP contribution in [-0.2, 0) is 16.2 Å². The first-order valence-corrected chi connectivity index (χ1v) is 7.67. The van der Waals surface area contributed by atoms with Crippen LogP contribution in [0.15, 0.2) is 47.8 Å². The fraction of sp³-hybridized carbons (Fsp3) is 0.231. The number of alkyl halides is 3. The van der Waals surface area contributed by atoms with Gasteiger partial charge in [0.15, 0.2) is 0 Å². The molecule has 0 aromatic carbocycles. The molecule has 0 spiro atoms. The van der Waals surface area contributed by atoms with E-state index in [1.807, 2.05) is 0 Å². The van der Waals surface area contributed by atoms with Crippen molar-refractivity contribution in [3.8, 4) is 0 Å². The van der Waals surface area contributed by atoms with E-state index in [1.165, 1.54) is 24.5 Å². The minimum atomic E-state index is -4.61. The van der Waals surface area contributed by atoms with E-state index in [9.17, 15) is 21.6 Å². The van der Waals surface area contributed by atoms with E-state index in [4.69, 9.17) is 0 Å². The summed E-state index contributed by atoms with van der Waals surface area (Å²) in [7, 11) is -3.99. The highest BCUT2D eigenvalue weighted by Crippen LogP contribution is 2.29. The van der Waals surface area contributed by atoms with Crippen LogP contribution in [-0.4, -0.2) is 24.9 Å². The highest BCUT2D eigenvalue weighted by Gasteiger charge is 2.33. The van der Waals surface area contributed by atoms with Crippen molar-refractivity contribution in [3.63, 3.8) is 0 Å². The topological polar surface area (TPSA) is 63.2 Å². The monoisotopic (exact) mass is 331 g/mol. The number of rotatable bonds is 4. The quantitative estimate of drug-likeness (QED) is 0.864. The van der Waals surface area contributed by atoms with E-state index in [-0.39, 0.29) is 11.4 Å². The van der Waals surface area contributed by atoms with E-state index >= 15 is 0 Å². The Hall–Kier alpha value is -2.16. The normalized spacial score (nSPS) is 12.2. The average Bonchev–Trinajstić information content (AvgIpc) is 2.48. The number of anilines is 1. The molecule has 2 rings (SSSR count). The molecular formula is C13H12F3N3O2S. The van der Waals surface area contributed by atoms with Crippen molar-refractivity contribution in [1.29, 1.82) is 0 Å². The predicted molar refractivity (Wildman–Crippen MR) is 73.7 cm³/mol. The number of pyridine rings is 2. The Balaban J connectivity index is 2.41. The van der Waals surface area contributed by atoms with Crippen molar-refractivity contribution >= 4 is 15.7 Å². The van der Waals surface area contributed by atoms with Gasteiger partial charge in [-0.15, -0.1) is 0 Å². The molecule has 0 amide bonds. The Morgan fingerprint density at radius 2 is 1.77 bits per heavy atom. The summed E-state index contributed by atoms with van der Waals surface area (Å²) < 4.78 is 63.5. The molecule has 0 fully saturated rings. The second-order valence-electron chi connectivity index (χ2n) is 4.25. The zero-order chi connectivity index (χ0) is 16.4. The largest absolute Gasteiger partial charge is 0.433 e. The first-order chi connectivity index (χ1) is 10.3. The summed E-state index contributed by atoms with van der Waals surface area (Å²) >= 11 is 0. The Bertz CT molecular complexity index is 731. The second kappa shape index (κ2) is 5.91. The summed E-state index contributed by atoms with van der Waals surface area (Å²) in [5.41, 5.74) is -0.768. The standard InChI is InChI=1S/C13H12F3N3O2S/c1-2-19(10-5-7-17-8-6-10)22(20,21)11-3-4-12(18-9-11)13(14,15)16/h3-9H,2H2,1H3. The Kier molecular flexibility index (Phi) is 4.36. The molecule has 2 aromatic heterocycles. The summed E-state index contributed by atoms with van der Waals surface area (Å²) in [6.07, 6.45) is -1.04. The minimum Gasteiger partial charge on any atom is -0.266 e. The van der Waals surface area contributed by atoms with Gasteiger partial charge < -0.3 is 0 Å². The summed E-state index contributed by atoms with van der Waals surface area (Å²) in [5.74, 6) is 0. The summed E-state index contributed by atoms with van der Waals surface area (Å²) in [4.78, 5) is 6.67. The van der Waals surface area contributed by atoms with Gasteiger partial charge in [-0.2, -0.15) is 13.2 Å². The first kappa shape index (κ1) is 16.2. The van der Waals surface area contributed by atoms with Crippen molar-refractivity contribution in [2.45, 2.75) is 18.0 Å². The number of aromatic nitrogens is 2. The molecule has 22 heavy (non-hydrogen) atoms. The highest BCUT2D eigenvalue weighted by atomic mass is 32.2. The Labute approximate surface area is 125 Å². The van der Waals surface area contributed by atoms with E-state index in [0.29, 0.717) is 18.0 Å². The van der Waals surface area contributed by atoms with Gasteiger partial charge in [0.2, 0.25) is 0 Å². The lowest BCUT2D eigenvalue weighted by atomic mass is 10.3. The lowest BCUT2D eigenvalue weighted by Crippen LogP contribution is -2.31. The molecule has 0 aliphatic heterocycles. The lowest BCUT2D eigenvalue weighted by Gasteiger charge is -2.22. The van der Waals surface area contributed by atoms with E-state index in [0.717, 1.165) is 10.4 Å². The van der Waals surface area contributed by atoms with Gasteiger partial charge in [-0.1, -0.05) is 0 Å². The van der Waals surface area contributed by atoms with Gasteiger partial charge in [0.25, 0.3) is 10.0 Å². The molecule has 0 bridgehead atoms. The van der Waals surface area contributed by atoms with Gasteiger partial charge in [0.1, 0.15) is 10.6 Å². The molecule has 0 aliphatic rings. The smallest absolute Gasteiger partial charge is 0.266 e. The molecule has 0 unspecified atom stereocenters. The molecule has 5 nitrogen and oxygen atoms in total. The molecule has 0 N–H and O–H groups in total. The van der Waals surface area contributed by atoms with Gasteiger partial charge in [0, 0.05) is 25.1 Å². The van der Waals surface area contributed by atoms with Crippen LogP contribution in [0, 0.1) is 0 Å². The Morgan fingerprint density at radius 1 is 1.14 bits per heavy atom. The van der Waals surface area contributed by atoms with Crippen molar-refractivity contribution < 1.29 is 21.6 Å². The zero-order valence-corrected chi connectivity index (χ0v) is 12.3. The summed E-state index contributed by atoms with van der Waals surface area (Å²) in [6, 6.07) is 4.54. The van der Waals surface area contributed by atoms with Crippen LogP contribution >= 0.6 is 0 Å². The van der Waals surface area contributed by atoms with Crippen molar-refractivity contribution in [2.75, 3.05) is 10.8 Å². The maximum Gasteiger partial charge on any atom is 0.433 e. The van der Waals surface area contributed by atoms with Crippen LogP contribution in [0.25, 0.3) is 0 Å². The molecule has 0 atom stereocenters. The van der Waals surface area contributed by atoms with Crippen molar-refractivity contribution in [2.24, 2.45) is 0 Å². The third-order valence-corrected chi connectivity index (χ3v) is 4.74. The average molecular weight is 331 g/mol. The van der Waals surface area contributed by atoms with Crippen LogP contribution in [0.4, 0.5) is 18.9 Å². The molecule has 2 heterocycles. The fourth-order valence-electron chi connectivity index (χ4n) is 1.83. The number of halogens is 3. The molecule has 0 aliphatic carbocycles. The highest BCUT2D eigenvalue weighted by molar-refractivity contribution is 7.92. The third kappa shape index (κ3) is 3.19. The minimum absolute atomic E-state index is 0.118. The molecule has 9 heteroatoms. The van der Waals surface area contributed by atoms with Crippen LogP contribution < -0.4 is 4.31 Å². The second-order valence-corrected chi connectivity index (χ2v) is 6.11. The molecular weight excluding hydrogens is 319 g/mol. The van der Waals surface area contributed by atoms with Crippen LogP contribution in [0.2, 0.25) is 0 Å². The van der Waals surface area contributed by atoms with Crippen molar-refractivity contribution in [3.05, 3.63) is 48.5 Å². The fourth-order valence-corrected chi connectivity index (χ4v) is 3.25. The van der Waals surface area contributed by atoms with Crippen molar-refractivity contribution in [1.82, 2.24) is 9.97 Å². The molecule has 2 aromatic rings. The third-order valence-electron chi connectivity index (χ3n) is 2.85. The number of sulfonamides is 1. The zero-order valence-electron chi connectivity index (χ0n) is 11.4. The number of hydrogen-bond acceptors (Lipinski definition) is 4. The van der Waals surface area contributed by atoms with Gasteiger partial charge in [-0.3, -0.25) is 14.3 Å². The lowest BCUT2D eigenvalue weighted by molar-refractivity contribution is -0.141. The maximum absolute atomic E-state index is 12.5. The molecule has 0 radical (unpaired) electrons. The van der Waals surface area contributed by atoms with E-state index < -0.39 is 21.9 Å². The predicted octanol–water partition coefficient (Wildman–Crippen LogP) is 2.71. The van der Waals surface area contributed by atoms with Gasteiger partial charge in [-0.05, 0) is 31.2 Å². The molecule has 0 saturated heterocycles. The van der Waals surface area contributed by atoms with E-state index in [2.05, 4.69) is 9.97 Å². The van der Waals surface area contributed by atoms with Crippen LogP contribution in [0.3, 0.4) is 0 Å². The molecule has 118 valence electrons. The van der Waals surface area contributed by atoms with Crippen LogP contribution in [0.1, 0.15) is 12.6 Å². The van der Waals surface area contributed by atoms with Gasteiger partial charge >= 0.3 is 6.18 Å². The van der Waals surface area contributed by atoms with Crippen LogP contribution in [0.5, 0.6) is 0 Å². The van der Waals surface area contributed by atoms with Gasteiger partial charge in [-0.25, -0.2) is 8.42 Å². The molecule has 0 saturated carbocycles.